The van der Waals surface area contributed by atoms with Gasteiger partial charge in [-0.1, -0.05) is 109 Å². The van der Waals surface area contributed by atoms with Crippen LogP contribution >= 0.6 is 25.3 Å². The molecule has 22 N–H and O–H groups in total. The molecule has 36 heteroatoms. The summed E-state index contributed by atoms with van der Waals surface area (Å²) in [6, 6.07) is 13.7. The number of aliphatic hydroxyl groups is 3. The molecule has 7 aromatic rings. The van der Waals surface area contributed by atoms with Crippen LogP contribution in [0.5, 0.6) is 0 Å². The number of hydrogen-bond acceptors (Lipinski definition) is 21. The Morgan fingerprint density at radius 2 is 0.780 bits per heavy atom. The van der Waals surface area contributed by atoms with Crippen molar-refractivity contribution in [2.24, 2.45) is 11.5 Å². The number of para-hydroxylation sites is 1. The second-order valence-corrected chi connectivity index (χ2v) is 26.7. The number of nitrogens with zero attached hydrogens (tertiary/aromatic N) is 2. The second-order valence-electron chi connectivity index (χ2n) is 25.9. The topological polar surface area (TPSA) is 543 Å². The first-order chi connectivity index (χ1) is 52.3. The number of H-pyrrole nitrogens is 3. The molecule has 7 rings (SSSR count). The summed E-state index contributed by atoms with van der Waals surface area (Å²) in [7, 11) is 0. The standard InChI is InChI=1S/C73H94N18O16S2/c1-40(93)60(71(104)87-54(28-44-20-10-5-11-21-44)69(102)91-61(41(2)94)72(105)88-58(35-92)70(103)89-59(37-109)73(106)107)90-63(96)51(24-14-15-25-74)81-66(99)55(29-45-32-78-50-23-13-12-22-48(45)50)85-65(98)53(27-43-18-8-4-9-19-43)83-64(97)52(26-42-16-6-3-7-17-42)84-68(101)57(31-47-34-77-39-80-47)86-67(100)56(30-46-33-76-38-79-46)82-62(95)49(75)36-108/h3-13,16-23,32-34,38-41,49,51-61,78,92-94,108-109H,14-15,24-31,35-37,74-75H2,1-2H3,(H,76,79)(H,77,80)(H,81,99)(H,82,95)(H,83,97)(H,84,101)(H,85,98)(H,86,100)(H,87,104)(H,88,105)(H,89,103)(H,90,96)(H,91,102)(H,106,107)/t40?,41?,49-,51-,52-,53-,54-,55+,56-,57-,58+,59-,60-,61-/m0/s1. The van der Waals surface area contributed by atoms with Gasteiger partial charge in [0.2, 0.25) is 65.0 Å². The number of nitrogens with two attached hydrogens (primary N) is 2. The molecule has 2 unspecified atom stereocenters. The molecular formula is C73H94N18O16S2. The Kier molecular flexibility index (Phi) is 33.7. The van der Waals surface area contributed by atoms with Crippen LogP contribution in [0.3, 0.4) is 0 Å². The summed E-state index contributed by atoms with van der Waals surface area (Å²) in [6.07, 6.45) is 3.13. The number of imidazole rings is 2. The number of rotatable bonds is 44. The minimum absolute atomic E-state index is 0.0564. The van der Waals surface area contributed by atoms with Gasteiger partial charge in [-0.3, -0.25) is 52.7 Å². The zero-order chi connectivity index (χ0) is 79.1. The Labute approximate surface area is 638 Å². The highest BCUT2D eigenvalue weighted by Gasteiger charge is 2.39. The summed E-state index contributed by atoms with van der Waals surface area (Å²) in [5.41, 5.74) is 15.4. The van der Waals surface area contributed by atoms with E-state index in [1.807, 2.05) is 0 Å². The molecule has 0 radical (unpaired) electrons. The van der Waals surface area contributed by atoms with Crippen LogP contribution in [-0.2, 0) is 96.1 Å². The van der Waals surface area contributed by atoms with Gasteiger partial charge in [0.1, 0.15) is 66.5 Å². The fraction of sp³-hybridized carbons (Fsp3) is 0.397. The molecule has 3 heterocycles. The van der Waals surface area contributed by atoms with Gasteiger partial charge in [0, 0.05) is 79.5 Å². The number of nitrogens with one attached hydrogen (secondary N) is 14. The molecule has 0 aliphatic carbocycles. The lowest BCUT2D eigenvalue weighted by atomic mass is 10.00. The molecule has 0 saturated carbocycles. The fourth-order valence-electron chi connectivity index (χ4n) is 11.5. The summed E-state index contributed by atoms with van der Waals surface area (Å²) in [6.45, 7) is 1.39. The van der Waals surface area contributed by atoms with Crippen molar-refractivity contribution in [3.05, 3.63) is 180 Å². The number of aliphatic carboxylic acids is 1. The lowest BCUT2D eigenvalue weighted by molar-refractivity contribution is -0.142. The normalized spacial score (nSPS) is 15.1. The molecule has 0 saturated heterocycles. The lowest BCUT2D eigenvalue weighted by Crippen LogP contribution is -2.63. The van der Waals surface area contributed by atoms with E-state index >= 15 is 14.4 Å². The van der Waals surface area contributed by atoms with Crippen LogP contribution in [0, 0.1) is 0 Å². The molecule has 0 spiro atoms. The number of aromatic nitrogens is 5. The minimum Gasteiger partial charge on any atom is -0.480 e. The predicted octanol–water partition coefficient (Wildman–Crippen LogP) is -3.14. The first-order valence-corrected chi connectivity index (χ1v) is 36.4. The van der Waals surface area contributed by atoms with Crippen molar-refractivity contribution in [1.29, 1.82) is 0 Å². The summed E-state index contributed by atoms with van der Waals surface area (Å²) < 4.78 is 0. The third-order valence-electron chi connectivity index (χ3n) is 17.5. The molecule has 0 fully saturated rings. The van der Waals surface area contributed by atoms with E-state index in [2.05, 4.69) is 109 Å². The average molecular weight is 1540 g/mol. The van der Waals surface area contributed by atoms with Crippen molar-refractivity contribution in [3.8, 4) is 0 Å². The number of benzene rings is 4. The number of unbranched alkanes of at least 4 members (excludes halogenated alkanes) is 1. The third-order valence-corrected chi connectivity index (χ3v) is 18.3. The molecule has 34 nitrogen and oxygen atoms in total. The average Bonchev–Trinajstić information content (AvgIpc) is 1.74. The Hall–Kier alpha value is -11.0. The molecule has 109 heavy (non-hydrogen) atoms. The van der Waals surface area contributed by atoms with Gasteiger partial charge in [-0.2, -0.15) is 25.3 Å². The fourth-order valence-corrected chi connectivity index (χ4v) is 11.9. The van der Waals surface area contributed by atoms with Crippen LogP contribution in [0.25, 0.3) is 10.9 Å². The van der Waals surface area contributed by atoms with E-state index in [-0.39, 0.29) is 69.4 Å². The van der Waals surface area contributed by atoms with Gasteiger partial charge in [0.25, 0.3) is 0 Å². The van der Waals surface area contributed by atoms with E-state index in [0.29, 0.717) is 51.0 Å². The monoisotopic (exact) mass is 1540 g/mol. The first kappa shape index (κ1) is 85.2. The quantitative estimate of drug-likeness (QED) is 0.0133. The summed E-state index contributed by atoms with van der Waals surface area (Å²) in [5, 5.41) is 70.4. The number of carbonyl (C=O) groups is 12. The number of carbonyl (C=O) groups excluding carboxylic acids is 11. The molecule has 0 aliphatic rings. The lowest BCUT2D eigenvalue weighted by Gasteiger charge is -2.29. The van der Waals surface area contributed by atoms with Crippen LogP contribution in [0.4, 0.5) is 0 Å². The van der Waals surface area contributed by atoms with Gasteiger partial charge in [0.05, 0.1) is 48.9 Å². The van der Waals surface area contributed by atoms with Crippen LogP contribution in [0.15, 0.2) is 147 Å². The highest BCUT2D eigenvalue weighted by Crippen LogP contribution is 2.21. The van der Waals surface area contributed by atoms with Gasteiger partial charge in [-0.05, 0) is 68.0 Å². The smallest absolute Gasteiger partial charge is 0.327 e. The van der Waals surface area contributed by atoms with Crippen molar-refractivity contribution in [2.75, 3.05) is 24.7 Å². The Balaban J connectivity index is 1.16. The molecule has 0 aliphatic heterocycles. The molecule has 4 aromatic carbocycles. The molecule has 584 valence electrons. The molecule has 11 amide bonds. The number of fused-ring (bicyclic) bond motifs is 1. The van der Waals surface area contributed by atoms with Crippen molar-refractivity contribution in [2.45, 2.75) is 156 Å². The van der Waals surface area contributed by atoms with Crippen LogP contribution in [-0.4, -0.2) is 226 Å². The van der Waals surface area contributed by atoms with E-state index < -0.39 is 162 Å². The summed E-state index contributed by atoms with van der Waals surface area (Å²) >= 11 is 8.03. The van der Waals surface area contributed by atoms with E-state index in [1.54, 1.807) is 121 Å². The number of hydrogen-bond donors (Lipinski definition) is 22. The highest BCUT2D eigenvalue weighted by molar-refractivity contribution is 7.80. The van der Waals surface area contributed by atoms with E-state index in [4.69, 9.17) is 11.5 Å². The number of amides is 11. The molecule has 3 aromatic heterocycles. The third kappa shape index (κ3) is 26.4. The summed E-state index contributed by atoms with van der Waals surface area (Å²) in [4.78, 5) is 188. The zero-order valence-electron chi connectivity index (χ0n) is 59.8. The van der Waals surface area contributed by atoms with Crippen molar-refractivity contribution in [1.82, 2.24) is 83.4 Å². The van der Waals surface area contributed by atoms with Crippen LogP contribution < -0.4 is 70.0 Å². The number of carboxylic acids is 1. The molecule has 14 atom stereocenters. The number of thiol groups is 2. The number of carboxylic acid groups (broad SMARTS) is 1. The van der Waals surface area contributed by atoms with E-state index in [9.17, 15) is 63.6 Å². The van der Waals surface area contributed by atoms with Crippen LogP contribution in [0.1, 0.15) is 66.8 Å². The molecular weight excluding hydrogens is 1450 g/mol. The van der Waals surface area contributed by atoms with Gasteiger partial charge < -0.3 is 105 Å². The van der Waals surface area contributed by atoms with Gasteiger partial charge in [-0.15, -0.1) is 0 Å². The Bertz CT molecular complexity index is 4140. The van der Waals surface area contributed by atoms with Gasteiger partial charge in [0.15, 0.2) is 0 Å². The molecule has 0 bridgehead atoms. The van der Waals surface area contributed by atoms with Crippen molar-refractivity contribution < 1.29 is 78.0 Å². The Morgan fingerprint density at radius 1 is 0.422 bits per heavy atom. The van der Waals surface area contributed by atoms with E-state index in [1.165, 1.54) is 25.0 Å². The summed E-state index contributed by atoms with van der Waals surface area (Å²) in [5.74, 6) is -12.6. The van der Waals surface area contributed by atoms with E-state index in [0.717, 1.165) is 13.8 Å². The SMILES string of the molecule is CC(O)[C@H](NC(=O)[C@H](CCCCN)NC(=O)[C@@H](Cc1c[nH]c2ccccc12)NC(=O)[C@H](Cc1ccccc1)NC(=O)[C@H](Cc1ccccc1)NC(=O)[C@H](Cc1c[nH]cn1)NC(=O)[C@H](Cc1c[nH]cn1)NC(=O)[C@@H](N)CS)C(=O)N[C@@H](Cc1ccccc1)C(=O)N[C@H](C(=O)N[C@H](CO)C(=O)N[C@@H](CS)C(=O)O)C(C)O. The van der Waals surface area contributed by atoms with Gasteiger partial charge in [-0.25, -0.2) is 14.8 Å². The maximum atomic E-state index is 15.4. The maximum Gasteiger partial charge on any atom is 0.327 e. The number of aromatic amines is 3. The predicted molar refractivity (Wildman–Crippen MR) is 405 cm³/mol. The van der Waals surface area contributed by atoms with Gasteiger partial charge >= 0.3 is 5.97 Å². The highest BCUT2D eigenvalue weighted by atomic mass is 32.1. The largest absolute Gasteiger partial charge is 0.480 e. The van der Waals surface area contributed by atoms with Crippen molar-refractivity contribution >= 4 is 107 Å². The minimum atomic E-state index is -1.88. The van der Waals surface area contributed by atoms with Crippen molar-refractivity contribution in [3.63, 3.8) is 0 Å². The number of aliphatic hydroxyl groups excluding tert-OH is 3. The Morgan fingerprint density at radius 3 is 1.17 bits per heavy atom. The second kappa shape index (κ2) is 43.1. The van der Waals surface area contributed by atoms with Crippen LogP contribution in [0.2, 0.25) is 0 Å². The maximum absolute atomic E-state index is 15.4. The zero-order valence-corrected chi connectivity index (χ0v) is 61.6. The first-order valence-electron chi connectivity index (χ1n) is 35.1.